The lowest BCUT2D eigenvalue weighted by atomic mass is 9.60. The second-order valence-electron chi connectivity index (χ2n) is 14.5. The second-order valence-corrected chi connectivity index (χ2v) is 15.5. The van der Waals surface area contributed by atoms with Crippen LogP contribution in [0.15, 0.2) is 133 Å². The number of benzene rings is 8. The predicted molar refractivity (Wildman–Crippen MR) is 248 cm³/mol. The standard InChI is InChI=1S/C45H32B5N3S/c46-37-36(38(47)40(49)41(50)39(37)48)45-52-43(23-10-2-1-3-11-23)51-44(53-45)32-18-8-17-31-35-25(16-9-19-34(35)54-42(31)32)24-20-21-30-28-14-5-4-12-26(28)27-13-6-7-15-29(27)33(30)22-24/h1-22H,46-50H2. The first-order valence-corrected chi connectivity index (χ1v) is 19.4. The highest BCUT2D eigenvalue weighted by atomic mass is 32.1. The van der Waals surface area contributed by atoms with Crippen molar-refractivity contribution in [3.63, 3.8) is 0 Å². The van der Waals surface area contributed by atoms with Crippen LogP contribution in [0.25, 0.3) is 97.8 Å². The van der Waals surface area contributed by atoms with Gasteiger partial charge in [0.1, 0.15) is 39.2 Å². The molecular weight excluding hydrogens is 669 g/mol. The minimum atomic E-state index is 0.681. The highest BCUT2D eigenvalue weighted by molar-refractivity contribution is 7.26. The maximum absolute atomic E-state index is 5.31. The van der Waals surface area contributed by atoms with Gasteiger partial charge >= 0.3 is 0 Å². The lowest BCUT2D eigenvalue weighted by Crippen LogP contribution is -2.55. The highest BCUT2D eigenvalue weighted by Crippen LogP contribution is 2.45. The van der Waals surface area contributed by atoms with E-state index in [-0.39, 0.29) is 0 Å². The quantitative estimate of drug-likeness (QED) is 0.208. The molecule has 0 saturated carbocycles. The monoisotopic (exact) mass is 701 g/mol. The fraction of sp³-hybridized carbons (Fsp3) is 0. The first-order valence-electron chi connectivity index (χ1n) is 18.5. The molecule has 0 saturated heterocycles. The summed E-state index contributed by atoms with van der Waals surface area (Å²) in [5, 5.41) is 10.2. The fourth-order valence-corrected chi connectivity index (χ4v) is 9.74. The molecule has 8 aromatic carbocycles. The van der Waals surface area contributed by atoms with Crippen LogP contribution in [0.1, 0.15) is 0 Å². The van der Waals surface area contributed by atoms with Gasteiger partial charge in [-0.1, -0.05) is 126 Å². The van der Waals surface area contributed by atoms with Crippen LogP contribution >= 0.6 is 11.3 Å². The van der Waals surface area contributed by atoms with Crippen molar-refractivity contribution in [2.45, 2.75) is 0 Å². The molecule has 0 fully saturated rings. The summed E-state index contributed by atoms with van der Waals surface area (Å²) < 4.78 is 2.42. The van der Waals surface area contributed by atoms with Crippen molar-refractivity contribution in [1.82, 2.24) is 15.0 Å². The van der Waals surface area contributed by atoms with Gasteiger partial charge in [-0.2, -0.15) is 0 Å². The summed E-state index contributed by atoms with van der Waals surface area (Å²) in [5.74, 6) is 2.09. The zero-order chi connectivity index (χ0) is 36.7. The van der Waals surface area contributed by atoms with Crippen LogP contribution in [0.4, 0.5) is 0 Å². The maximum atomic E-state index is 5.31. The molecular formula is C45H32B5N3S. The third-order valence-corrected chi connectivity index (χ3v) is 12.9. The van der Waals surface area contributed by atoms with Crippen molar-refractivity contribution in [2.75, 3.05) is 0 Å². The molecule has 10 rings (SSSR count). The summed E-state index contributed by atoms with van der Waals surface area (Å²) >= 11 is 1.82. The first-order chi connectivity index (χ1) is 26.4. The molecule has 0 aliphatic rings. The molecule has 0 aliphatic heterocycles. The van der Waals surface area contributed by atoms with Gasteiger partial charge in [0, 0.05) is 36.9 Å². The molecule has 0 radical (unpaired) electrons. The van der Waals surface area contributed by atoms with E-state index in [1.165, 1.54) is 90.9 Å². The Morgan fingerprint density at radius 2 is 0.889 bits per heavy atom. The zero-order valence-corrected chi connectivity index (χ0v) is 31.8. The second kappa shape index (κ2) is 12.6. The fourth-order valence-electron chi connectivity index (χ4n) is 8.50. The number of hydrogen-bond acceptors (Lipinski definition) is 4. The van der Waals surface area contributed by atoms with Gasteiger partial charge in [0.25, 0.3) is 0 Å². The maximum Gasteiger partial charge on any atom is 0.165 e. The first kappa shape index (κ1) is 32.7. The van der Waals surface area contributed by atoms with E-state index in [1.807, 2.05) is 29.5 Å². The molecule has 0 atom stereocenters. The smallest absolute Gasteiger partial charge is 0.165 e. The van der Waals surface area contributed by atoms with Crippen molar-refractivity contribution in [3.05, 3.63) is 133 Å². The Balaban J connectivity index is 1.21. The molecule has 0 bridgehead atoms. The Morgan fingerprint density at radius 3 is 1.57 bits per heavy atom. The Kier molecular flexibility index (Phi) is 7.64. The average Bonchev–Trinajstić information content (AvgIpc) is 3.62. The summed E-state index contributed by atoms with van der Waals surface area (Å²) in [5.41, 5.74) is 11.9. The minimum absolute atomic E-state index is 0.681. The van der Waals surface area contributed by atoms with E-state index in [9.17, 15) is 0 Å². The summed E-state index contributed by atoms with van der Waals surface area (Å²) in [6, 6.07) is 48.1. The van der Waals surface area contributed by atoms with E-state index >= 15 is 0 Å². The van der Waals surface area contributed by atoms with E-state index in [0.29, 0.717) is 11.6 Å². The van der Waals surface area contributed by atoms with Crippen LogP contribution in [0.2, 0.25) is 0 Å². The molecule has 0 unspecified atom stereocenters. The van der Waals surface area contributed by atoms with Crippen molar-refractivity contribution in [1.29, 1.82) is 0 Å². The van der Waals surface area contributed by atoms with Gasteiger partial charge < -0.3 is 0 Å². The molecule has 2 aromatic heterocycles. The van der Waals surface area contributed by atoms with Gasteiger partial charge in [-0.05, 0) is 61.6 Å². The minimum Gasteiger partial charge on any atom is -0.208 e. The molecule has 0 spiro atoms. The SMILES string of the molecule is Bc1c(B)c(B)c(-c2nc(-c3ccccc3)nc(-c3cccc4c3sc3cccc(-c5ccc6c7ccccc7c7ccccc7c6c5)c34)n2)c(B)c1B. The van der Waals surface area contributed by atoms with Crippen LogP contribution in [0, 0.1) is 0 Å². The van der Waals surface area contributed by atoms with Crippen LogP contribution in [0.5, 0.6) is 0 Å². The third kappa shape index (κ3) is 4.99. The van der Waals surface area contributed by atoms with Gasteiger partial charge in [0.15, 0.2) is 17.5 Å². The van der Waals surface area contributed by atoms with Gasteiger partial charge in [-0.25, -0.2) is 15.0 Å². The lowest BCUT2D eigenvalue weighted by Gasteiger charge is -2.20. The summed E-state index contributed by atoms with van der Waals surface area (Å²) in [7, 11) is 11.0. The normalized spacial score (nSPS) is 11.7. The third-order valence-electron chi connectivity index (χ3n) is 11.7. The van der Waals surface area contributed by atoms with Crippen LogP contribution in [0.3, 0.4) is 0 Å². The van der Waals surface area contributed by atoms with Gasteiger partial charge in [0.05, 0.1) is 0 Å². The average molecular weight is 701 g/mol. The summed E-state index contributed by atoms with van der Waals surface area (Å²) in [6.45, 7) is 0. The van der Waals surface area contributed by atoms with Crippen molar-refractivity contribution in [3.8, 4) is 45.3 Å². The van der Waals surface area contributed by atoms with Crippen LogP contribution < -0.4 is 27.3 Å². The molecule has 0 amide bonds. The Labute approximate surface area is 322 Å². The number of hydrogen-bond donors (Lipinski definition) is 0. The highest BCUT2D eigenvalue weighted by Gasteiger charge is 2.21. The van der Waals surface area contributed by atoms with Crippen molar-refractivity contribution < 1.29 is 0 Å². The van der Waals surface area contributed by atoms with E-state index in [0.717, 1.165) is 22.5 Å². The summed E-state index contributed by atoms with van der Waals surface area (Å²) in [4.78, 5) is 15.7. The molecule has 9 heteroatoms. The largest absolute Gasteiger partial charge is 0.208 e. The number of aromatic nitrogens is 3. The summed E-state index contributed by atoms with van der Waals surface area (Å²) in [6.07, 6.45) is 0. The van der Waals surface area contributed by atoms with Crippen molar-refractivity contribution >= 4 is 130 Å². The van der Waals surface area contributed by atoms with Crippen LogP contribution in [-0.4, -0.2) is 54.2 Å². The van der Waals surface area contributed by atoms with E-state index in [2.05, 4.69) is 154 Å². The molecule has 3 nitrogen and oxygen atoms in total. The molecule has 2 heterocycles. The zero-order valence-electron chi connectivity index (χ0n) is 31.0. The molecule has 10 aromatic rings. The van der Waals surface area contributed by atoms with E-state index in [4.69, 9.17) is 15.0 Å². The van der Waals surface area contributed by atoms with E-state index in [1.54, 1.807) is 0 Å². The molecule has 54 heavy (non-hydrogen) atoms. The van der Waals surface area contributed by atoms with Gasteiger partial charge in [-0.3, -0.25) is 0 Å². The Morgan fingerprint density at radius 1 is 0.370 bits per heavy atom. The number of fused-ring (bicyclic) bond motifs is 9. The molecule has 248 valence electrons. The Bertz CT molecular complexity index is 3120. The number of nitrogens with zero attached hydrogens (tertiary/aromatic N) is 3. The van der Waals surface area contributed by atoms with Crippen LogP contribution in [-0.2, 0) is 0 Å². The Hall–Kier alpha value is -5.91. The topological polar surface area (TPSA) is 38.7 Å². The lowest BCUT2D eigenvalue weighted by molar-refractivity contribution is 1.08. The number of thiophene rings is 1. The van der Waals surface area contributed by atoms with E-state index < -0.39 is 0 Å². The number of rotatable bonds is 4. The van der Waals surface area contributed by atoms with Gasteiger partial charge in [-0.15, -0.1) is 27.7 Å². The molecule has 0 aliphatic carbocycles. The van der Waals surface area contributed by atoms with Crippen molar-refractivity contribution in [2.24, 2.45) is 0 Å². The van der Waals surface area contributed by atoms with Gasteiger partial charge in [0.2, 0.25) is 0 Å². The molecule has 0 N–H and O–H groups in total. The predicted octanol–water partition coefficient (Wildman–Crippen LogP) is 3.66.